The molecule has 1 aromatic heterocycles. The van der Waals surface area contributed by atoms with Crippen LogP contribution in [0, 0.1) is 0 Å². The zero-order valence-corrected chi connectivity index (χ0v) is 12.1. The predicted molar refractivity (Wildman–Crippen MR) is 75.1 cm³/mol. The molecule has 0 aromatic carbocycles. The fourth-order valence-electron chi connectivity index (χ4n) is 2.00. The minimum absolute atomic E-state index is 0.0896. The standard InChI is InChI=1S/C12H16N4O3S/c1-3-6(2)16-10(18)4-7(11(16)19)20-12-14-8(13)5-9(17)15-12/h5-7H,3-4H2,1-2H3,(H3,13,14,15,17). The van der Waals surface area contributed by atoms with Crippen molar-refractivity contribution in [3.05, 3.63) is 16.4 Å². The summed E-state index contributed by atoms with van der Waals surface area (Å²) in [6, 6.07) is 1.05. The third kappa shape index (κ3) is 2.84. The number of nitrogens with one attached hydrogen (secondary N) is 1. The van der Waals surface area contributed by atoms with Crippen molar-refractivity contribution in [2.45, 2.75) is 43.1 Å². The van der Waals surface area contributed by atoms with Gasteiger partial charge in [0, 0.05) is 18.5 Å². The largest absolute Gasteiger partial charge is 0.383 e. The van der Waals surface area contributed by atoms with Crippen molar-refractivity contribution in [2.24, 2.45) is 0 Å². The van der Waals surface area contributed by atoms with E-state index in [1.807, 2.05) is 13.8 Å². The van der Waals surface area contributed by atoms with Crippen LogP contribution in [0.2, 0.25) is 0 Å². The van der Waals surface area contributed by atoms with Crippen molar-refractivity contribution in [3.63, 3.8) is 0 Å². The van der Waals surface area contributed by atoms with Gasteiger partial charge in [-0.2, -0.15) is 0 Å². The number of carbonyl (C=O) groups excluding carboxylic acids is 2. The number of rotatable bonds is 4. The first kappa shape index (κ1) is 14.6. The molecule has 8 heteroatoms. The van der Waals surface area contributed by atoms with Crippen molar-refractivity contribution >= 4 is 29.4 Å². The molecule has 1 fully saturated rings. The molecule has 0 bridgehead atoms. The minimum atomic E-state index is -0.554. The molecule has 1 aliphatic heterocycles. The number of thioether (sulfide) groups is 1. The number of nitrogen functional groups attached to an aromatic ring is 1. The van der Waals surface area contributed by atoms with Gasteiger partial charge in [-0.15, -0.1) is 0 Å². The molecule has 0 radical (unpaired) electrons. The molecular weight excluding hydrogens is 280 g/mol. The Morgan fingerprint density at radius 3 is 2.85 bits per heavy atom. The number of aromatic amines is 1. The van der Waals surface area contributed by atoms with Crippen LogP contribution in [0.1, 0.15) is 26.7 Å². The quantitative estimate of drug-likeness (QED) is 0.613. The lowest BCUT2D eigenvalue weighted by Crippen LogP contribution is -2.38. The second-order valence-electron chi connectivity index (χ2n) is 4.65. The van der Waals surface area contributed by atoms with E-state index in [2.05, 4.69) is 9.97 Å². The van der Waals surface area contributed by atoms with Crippen LogP contribution in [0.5, 0.6) is 0 Å². The van der Waals surface area contributed by atoms with Gasteiger partial charge in [0.2, 0.25) is 11.8 Å². The van der Waals surface area contributed by atoms with Crippen LogP contribution in [0.25, 0.3) is 0 Å². The number of imide groups is 1. The molecule has 3 N–H and O–H groups in total. The Morgan fingerprint density at radius 2 is 2.25 bits per heavy atom. The fourth-order valence-corrected chi connectivity index (χ4v) is 3.03. The molecule has 2 amide bonds. The van der Waals surface area contributed by atoms with E-state index >= 15 is 0 Å². The van der Waals surface area contributed by atoms with Crippen LogP contribution < -0.4 is 11.3 Å². The average Bonchev–Trinajstić information content (AvgIpc) is 2.62. The first-order valence-electron chi connectivity index (χ1n) is 6.31. The number of nitrogens with zero attached hydrogens (tertiary/aromatic N) is 2. The number of aromatic nitrogens is 2. The zero-order valence-electron chi connectivity index (χ0n) is 11.3. The van der Waals surface area contributed by atoms with Crippen molar-refractivity contribution in [1.29, 1.82) is 0 Å². The van der Waals surface area contributed by atoms with Gasteiger partial charge in [-0.05, 0) is 13.3 Å². The van der Waals surface area contributed by atoms with Crippen molar-refractivity contribution in [2.75, 3.05) is 5.73 Å². The number of hydrogen-bond donors (Lipinski definition) is 2. The van der Waals surface area contributed by atoms with E-state index in [1.54, 1.807) is 0 Å². The Bertz CT molecular complexity index is 601. The molecule has 2 atom stereocenters. The maximum absolute atomic E-state index is 12.2. The first-order valence-corrected chi connectivity index (χ1v) is 7.19. The van der Waals surface area contributed by atoms with Gasteiger partial charge < -0.3 is 10.7 Å². The van der Waals surface area contributed by atoms with E-state index in [-0.39, 0.29) is 40.8 Å². The van der Waals surface area contributed by atoms with Gasteiger partial charge in [-0.25, -0.2) is 4.98 Å². The topological polar surface area (TPSA) is 109 Å². The Balaban J connectivity index is 2.17. The van der Waals surface area contributed by atoms with E-state index in [1.165, 1.54) is 4.90 Å². The third-order valence-electron chi connectivity index (χ3n) is 3.17. The minimum Gasteiger partial charge on any atom is -0.383 e. The normalized spacial score (nSPS) is 20.5. The highest BCUT2D eigenvalue weighted by Crippen LogP contribution is 2.30. The SMILES string of the molecule is CCC(C)N1C(=O)CC(Sc2nc(N)cc(=O)[nH]2)C1=O. The molecule has 2 heterocycles. The summed E-state index contributed by atoms with van der Waals surface area (Å²) in [5.41, 5.74) is 5.11. The summed E-state index contributed by atoms with van der Waals surface area (Å²) in [5, 5.41) is -0.298. The lowest BCUT2D eigenvalue weighted by atomic mass is 10.2. The molecule has 0 aliphatic carbocycles. The summed E-state index contributed by atoms with van der Waals surface area (Å²) in [5.74, 6) is -0.334. The van der Waals surface area contributed by atoms with Gasteiger partial charge in [-0.1, -0.05) is 18.7 Å². The van der Waals surface area contributed by atoms with Gasteiger partial charge in [0.15, 0.2) is 5.16 Å². The van der Waals surface area contributed by atoms with E-state index < -0.39 is 5.25 Å². The maximum atomic E-state index is 12.2. The van der Waals surface area contributed by atoms with Gasteiger partial charge in [0.25, 0.3) is 5.56 Å². The van der Waals surface area contributed by atoms with Crippen LogP contribution in [-0.4, -0.2) is 38.0 Å². The van der Waals surface area contributed by atoms with Gasteiger partial charge in [0.1, 0.15) is 11.1 Å². The second kappa shape index (κ2) is 5.66. The Hall–Kier alpha value is -1.83. The molecule has 0 saturated carbocycles. The van der Waals surface area contributed by atoms with Crippen LogP contribution >= 0.6 is 11.8 Å². The zero-order chi connectivity index (χ0) is 14.9. The average molecular weight is 296 g/mol. The monoisotopic (exact) mass is 296 g/mol. The number of carbonyl (C=O) groups is 2. The number of amides is 2. The van der Waals surface area contributed by atoms with Crippen LogP contribution in [-0.2, 0) is 9.59 Å². The predicted octanol–water partition coefficient (Wildman–Crippen LogP) is 0.370. The molecule has 1 aromatic rings. The first-order chi connectivity index (χ1) is 9.42. The molecular formula is C12H16N4O3S. The van der Waals surface area contributed by atoms with Crippen LogP contribution in [0.15, 0.2) is 16.0 Å². The highest BCUT2D eigenvalue weighted by Gasteiger charge is 2.41. The lowest BCUT2D eigenvalue weighted by molar-refractivity contribution is -0.140. The number of likely N-dealkylation sites (tertiary alicyclic amines) is 1. The van der Waals surface area contributed by atoms with Crippen molar-refractivity contribution in [1.82, 2.24) is 14.9 Å². The summed E-state index contributed by atoms with van der Waals surface area (Å²) >= 11 is 1.06. The summed E-state index contributed by atoms with van der Waals surface area (Å²) in [6.07, 6.45) is 0.828. The summed E-state index contributed by atoms with van der Waals surface area (Å²) < 4.78 is 0. The van der Waals surface area contributed by atoms with Crippen LogP contribution in [0.3, 0.4) is 0 Å². The Morgan fingerprint density at radius 1 is 1.55 bits per heavy atom. The Labute approximate surface area is 119 Å². The highest BCUT2D eigenvalue weighted by molar-refractivity contribution is 8.00. The number of nitrogens with two attached hydrogens (primary N) is 1. The lowest BCUT2D eigenvalue weighted by Gasteiger charge is -2.21. The smallest absolute Gasteiger partial charge is 0.253 e. The molecule has 7 nitrogen and oxygen atoms in total. The van der Waals surface area contributed by atoms with E-state index in [0.29, 0.717) is 6.42 Å². The fraction of sp³-hybridized carbons (Fsp3) is 0.500. The van der Waals surface area contributed by atoms with E-state index in [4.69, 9.17) is 5.73 Å². The molecule has 2 unspecified atom stereocenters. The molecule has 2 rings (SSSR count). The maximum Gasteiger partial charge on any atom is 0.253 e. The molecule has 1 aliphatic rings. The van der Waals surface area contributed by atoms with Gasteiger partial charge in [-0.3, -0.25) is 19.3 Å². The van der Waals surface area contributed by atoms with Gasteiger partial charge >= 0.3 is 0 Å². The van der Waals surface area contributed by atoms with Crippen molar-refractivity contribution in [3.8, 4) is 0 Å². The third-order valence-corrected chi connectivity index (χ3v) is 4.24. The van der Waals surface area contributed by atoms with Crippen molar-refractivity contribution < 1.29 is 9.59 Å². The molecule has 108 valence electrons. The number of hydrogen-bond acceptors (Lipinski definition) is 6. The molecule has 20 heavy (non-hydrogen) atoms. The molecule has 0 spiro atoms. The summed E-state index contributed by atoms with van der Waals surface area (Å²) in [6.45, 7) is 3.76. The Kier molecular flexibility index (Phi) is 4.12. The summed E-state index contributed by atoms with van der Waals surface area (Å²) in [7, 11) is 0. The number of anilines is 1. The summed E-state index contributed by atoms with van der Waals surface area (Å²) in [4.78, 5) is 43.2. The number of H-pyrrole nitrogens is 1. The van der Waals surface area contributed by atoms with E-state index in [0.717, 1.165) is 17.8 Å². The van der Waals surface area contributed by atoms with Gasteiger partial charge in [0.05, 0.1) is 0 Å². The van der Waals surface area contributed by atoms with Crippen LogP contribution in [0.4, 0.5) is 5.82 Å². The van der Waals surface area contributed by atoms with E-state index in [9.17, 15) is 14.4 Å². The highest BCUT2D eigenvalue weighted by atomic mass is 32.2. The second-order valence-corrected chi connectivity index (χ2v) is 5.84. The molecule has 1 saturated heterocycles.